The van der Waals surface area contributed by atoms with Crippen LogP contribution in [0.15, 0.2) is 5.38 Å². The maximum atomic E-state index is 4.12. The van der Waals surface area contributed by atoms with Gasteiger partial charge in [0.2, 0.25) is 0 Å². The lowest BCUT2D eigenvalue weighted by Gasteiger charge is -2.34. The van der Waals surface area contributed by atoms with Crippen molar-refractivity contribution in [3.8, 4) is 0 Å². The molecule has 2 aliphatic heterocycles. The van der Waals surface area contributed by atoms with Crippen molar-refractivity contribution in [3.05, 3.63) is 11.1 Å². The van der Waals surface area contributed by atoms with Crippen LogP contribution in [-0.2, 0) is 6.54 Å². The summed E-state index contributed by atoms with van der Waals surface area (Å²) in [6.07, 6.45) is 5.44. The van der Waals surface area contributed by atoms with Gasteiger partial charge < -0.3 is 5.32 Å². The molecular formula is C12H20N4S. The minimum absolute atomic E-state index is 0.804. The molecule has 0 spiro atoms. The summed E-state index contributed by atoms with van der Waals surface area (Å²) >= 11 is 1.45. The molecule has 94 valence electrons. The third kappa shape index (κ3) is 2.84. The van der Waals surface area contributed by atoms with Crippen LogP contribution in [0.4, 0.5) is 0 Å². The summed E-state index contributed by atoms with van der Waals surface area (Å²) in [6, 6.07) is 0.804. The monoisotopic (exact) mass is 252 g/mol. The molecule has 1 N–H and O–H groups in total. The van der Waals surface area contributed by atoms with Crippen molar-refractivity contribution < 1.29 is 0 Å². The first-order valence-electron chi connectivity index (χ1n) is 6.63. The zero-order valence-corrected chi connectivity index (χ0v) is 11.0. The minimum atomic E-state index is 0.804. The maximum absolute atomic E-state index is 4.12. The van der Waals surface area contributed by atoms with Crippen LogP contribution < -0.4 is 5.32 Å². The third-order valence-electron chi connectivity index (χ3n) is 4.09. The van der Waals surface area contributed by atoms with Gasteiger partial charge in [0.05, 0.1) is 5.69 Å². The third-order valence-corrected chi connectivity index (χ3v) is 4.64. The molecule has 2 aliphatic rings. The van der Waals surface area contributed by atoms with Gasteiger partial charge in [0, 0.05) is 18.0 Å². The highest BCUT2D eigenvalue weighted by Gasteiger charge is 2.28. The Balaban J connectivity index is 1.47. The predicted molar refractivity (Wildman–Crippen MR) is 68.9 cm³/mol. The van der Waals surface area contributed by atoms with Gasteiger partial charge in [0.25, 0.3) is 0 Å². The van der Waals surface area contributed by atoms with Crippen molar-refractivity contribution in [2.75, 3.05) is 19.6 Å². The number of aromatic nitrogens is 2. The Hall–Kier alpha value is -0.520. The van der Waals surface area contributed by atoms with E-state index in [2.05, 4.69) is 25.2 Å². The lowest BCUT2D eigenvalue weighted by atomic mass is 9.88. The molecule has 5 heteroatoms. The van der Waals surface area contributed by atoms with Crippen molar-refractivity contribution in [1.29, 1.82) is 0 Å². The average Bonchev–Trinajstić information content (AvgIpc) is 3.01. The Kier molecular flexibility index (Phi) is 3.68. The van der Waals surface area contributed by atoms with Gasteiger partial charge in [-0.15, -0.1) is 5.10 Å². The van der Waals surface area contributed by atoms with E-state index in [9.17, 15) is 0 Å². The quantitative estimate of drug-likeness (QED) is 0.885. The van der Waals surface area contributed by atoms with Crippen LogP contribution in [-0.4, -0.2) is 40.2 Å². The summed E-state index contributed by atoms with van der Waals surface area (Å²) in [7, 11) is 0. The van der Waals surface area contributed by atoms with Crippen molar-refractivity contribution in [2.45, 2.75) is 38.3 Å². The highest BCUT2D eigenvalue weighted by atomic mass is 32.1. The zero-order valence-electron chi connectivity index (χ0n) is 10.1. The highest BCUT2D eigenvalue weighted by molar-refractivity contribution is 7.03. The van der Waals surface area contributed by atoms with Gasteiger partial charge in [-0.25, -0.2) is 0 Å². The number of piperidine rings is 1. The second-order valence-corrected chi connectivity index (χ2v) is 5.82. The predicted octanol–water partition coefficient (Wildman–Crippen LogP) is 1.50. The summed E-state index contributed by atoms with van der Waals surface area (Å²) in [5, 5.41) is 9.83. The molecule has 3 rings (SSSR count). The summed E-state index contributed by atoms with van der Waals surface area (Å²) in [5.74, 6) is 0.905. The number of hydrogen-bond donors (Lipinski definition) is 1. The Labute approximate surface area is 107 Å². The summed E-state index contributed by atoms with van der Waals surface area (Å²) in [4.78, 5) is 2.52. The highest BCUT2D eigenvalue weighted by Crippen LogP contribution is 2.26. The lowest BCUT2D eigenvalue weighted by Crippen LogP contribution is -2.40. The molecule has 1 atom stereocenters. The van der Waals surface area contributed by atoms with Crippen LogP contribution >= 0.6 is 11.5 Å². The van der Waals surface area contributed by atoms with Crippen molar-refractivity contribution in [1.82, 2.24) is 19.8 Å². The fourth-order valence-corrected chi connectivity index (χ4v) is 3.55. The summed E-state index contributed by atoms with van der Waals surface area (Å²) < 4.78 is 3.92. The second kappa shape index (κ2) is 5.42. The molecule has 1 unspecified atom stereocenters. The van der Waals surface area contributed by atoms with Gasteiger partial charge in [-0.3, -0.25) is 4.90 Å². The molecule has 17 heavy (non-hydrogen) atoms. The molecule has 1 aromatic rings. The van der Waals surface area contributed by atoms with Crippen LogP contribution in [0.1, 0.15) is 31.4 Å². The van der Waals surface area contributed by atoms with Crippen LogP contribution in [0.3, 0.4) is 0 Å². The van der Waals surface area contributed by atoms with Crippen molar-refractivity contribution in [3.63, 3.8) is 0 Å². The smallest absolute Gasteiger partial charge is 0.0895 e. The lowest BCUT2D eigenvalue weighted by molar-refractivity contribution is 0.156. The van der Waals surface area contributed by atoms with Crippen LogP contribution in [0.2, 0.25) is 0 Å². The first kappa shape index (κ1) is 11.6. The van der Waals surface area contributed by atoms with Crippen LogP contribution in [0, 0.1) is 5.92 Å². The van der Waals surface area contributed by atoms with Crippen molar-refractivity contribution in [2.24, 2.45) is 5.92 Å². The molecule has 2 fully saturated rings. The molecule has 0 amide bonds. The fraction of sp³-hybridized carbons (Fsp3) is 0.833. The van der Waals surface area contributed by atoms with Gasteiger partial charge in [0.1, 0.15) is 0 Å². The van der Waals surface area contributed by atoms with E-state index in [1.165, 1.54) is 56.9 Å². The average molecular weight is 252 g/mol. The van der Waals surface area contributed by atoms with E-state index in [0.717, 1.165) is 24.2 Å². The topological polar surface area (TPSA) is 41.1 Å². The summed E-state index contributed by atoms with van der Waals surface area (Å²) in [6.45, 7) is 4.66. The van der Waals surface area contributed by atoms with Gasteiger partial charge in [-0.1, -0.05) is 4.49 Å². The fourth-order valence-electron chi connectivity index (χ4n) is 3.11. The minimum Gasteiger partial charge on any atom is -0.314 e. The molecule has 0 saturated carbocycles. The maximum Gasteiger partial charge on any atom is 0.0895 e. The van der Waals surface area contributed by atoms with E-state index in [-0.39, 0.29) is 0 Å². The zero-order chi connectivity index (χ0) is 11.5. The van der Waals surface area contributed by atoms with E-state index >= 15 is 0 Å². The number of hydrogen-bond acceptors (Lipinski definition) is 5. The molecule has 0 radical (unpaired) electrons. The largest absolute Gasteiger partial charge is 0.314 e. The van der Waals surface area contributed by atoms with E-state index in [4.69, 9.17) is 0 Å². The molecule has 0 aliphatic carbocycles. The number of nitrogens with zero attached hydrogens (tertiary/aromatic N) is 3. The molecular weight excluding hydrogens is 232 g/mol. The Bertz CT molecular complexity index is 326. The molecule has 0 bridgehead atoms. The summed E-state index contributed by atoms with van der Waals surface area (Å²) in [5.41, 5.74) is 1.13. The molecule has 4 nitrogen and oxygen atoms in total. The van der Waals surface area contributed by atoms with Gasteiger partial charge in [-0.05, 0) is 62.8 Å². The first-order chi connectivity index (χ1) is 8.42. The first-order valence-corrected chi connectivity index (χ1v) is 7.47. The standard InChI is InChI=1S/C12H20N4S/c1-2-12(13-5-1)10-3-6-16(7-4-10)8-11-9-17-15-14-11/h9-10,12-13H,1-8H2. The Morgan fingerprint density at radius 1 is 1.35 bits per heavy atom. The van der Waals surface area contributed by atoms with Gasteiger partial charge in [-0.2, -0.15) is 0 Å². The van der Waals surface area contributed by atoms with E-state index < -0.39 is 0 Å². The molecule has 2 saturated heterocycles. The van der Waals surface area contributed by atoms with E-state index in [0.29, 0.717) is 0 Å². The van der Waals surface area contributed by atoms with E-state index in [1.54, 1.807) is 0 Å². The number of nitrogens with one attached hydrogen (secondary N) is 1. The van der Waals surface area contributed by atoms with Gasteiger partial charge in [0.15, 0.2) is 0 Å². The molecule has 3 heterocycles. The van der Waals surface area contributed by atoms with E-state index in [1.807, 2.05) is 0 Å². The second-order valence-electron chi connectivity index (χ2n) is 5.21. The Morgan fingerprint density at radius 3 is 2.88 bits per heavy atom. The van der Waals surface area contributed by atoms with Crippen LogP contribution in [0.25, 0.3) is 0 Å². The molecule has 1 aromatic heterocycles. The van der Waals surface area contributed by atoms with Gasteiger partial charge >= 0.3 is 0 Å². The Morgan fingerprint density at radius 2 is 2.24 bits per heavy atom. The normalized spacial score (nSPS) is 27.6. The van der Waals surface area contributed by atoms with Crippen molar-refractivity contribution >= 4 is 11.5 Å². The number of rotatable bonds is 3. The SMILES string of the molecule is c1snnc1CN1CCC(C2CCCN2)CC1. The van der Waals surface area contributed by atoms with Crippen LogP contribution in [0.5, 0.6) is 0 Å². The number of likely N-dealkylation sites (tertiary alicyclic amines) is 1. The molecule has 0 aromatic carbocycles.